The molecular formula is C14H14F3N. The summed E-state index contributed by atoms with van der Waals surface area (Å²) in [7, 11) is 2.88. The molecule has 1 unspecified atom stereocenters. The minimum atomic E-state index is -4.27. The number of hydrogen-bond acceptors (Lipinski definition) is 1. The number of hydrogen-bond donors (Lipinski definition) is 0. The van der Waals surface area contributed by atoms with E-state index >= 15 is 0 Å². The minimum Gasteiger partial charge on any atom is -0.295 e. The lowest BCUT2D eigenvalue weighted by atomic mass is 10.0. The maximum Gasteiger partial charge on any atom is 0.408 e. The molecule has 2 rings (SSSR count). The smallest absolute Gasteiger partial charge is 0.295 e. The van der Waals surface area contributed by atoms with Crippen LogP contribution in [0.2, 0.25) is 0 Å². The first-order valence-electron chi connectivity index (χ1n) is 5.61. The summed E-state index contributed by atoms with van der Waals surface area (Å²) in [5.74, 6) is 0. The molecule has 4 heteroatoms. The van der Waals surface area contributed by atoms with Crippen molar-refractivity contribution in [1.29, 1.82) is 0 Å². The first kappa shape index (κ1) is 12.9. The largest absolute Gasteiger partial charge is 0.408 e. The molecular weight excluding hydrogens is 239 g/mol. The van der Waals surface area contributed by atoms with E-state index < -0.39 is 12.2 Å². The topological polar surface area (TPSA) is 3.24 Å². The molecule has 0 aliphatic heterocycles. The highest BCUT2D eigenvalue weighted by Crippen LogP contribution is 2.37. The van der Waals surface area contributed by atoms with Crippen molar-refractivity contribution in [2.75, 3.05) is 14.1 Å². The molecule has 0 spiro atoms. The summed E-state index contributed by atoms with van der Waals surface area (Å²) in [6.07, 6.45) is -4.27. The number of halogens is 3. The zero-order valence-corrected chi connectivity index (χ0v) is 10.2. The van der Waals surface area contributed by atoms with Crippen LogP contribution in [0.15, 0.2) is 42.5 Å². The van der Waals surface area contributed by atoms with Crippen molar-refractivity contribution in [1.82, 2.24) is 4.90 Å². The van der Waals surface area contributed by atoms with Crippen LogP contribution in [0.1, 0.15) is 11.6 Å². The predicted molar refractivity (Wildman–Crippen MR) is 66.4 cm³/mol. The summed E-state index contributed by atoms with van der Waals surface area (Å²) in [5, 5.41) is 1.77. The molecule has 0 saturated heterocycles. The zero-order valence-electron chi connectivity index (χ0n) is 10.2. The van der Waals surface area contributed by atoms with Crippen molar-refractivity contribution < 1.29 is 13.2 Å². The Morgan fingerprint density at radius 1 is 0.944 bits per heavy atom. The van der Waals surface area contributed by atoms with Crippen LogP contribution in [-0.4, -0.2) is 25.2 Å². The minimum absolute atomic E-state index is 0.270. The Labute approximate surface area is 104 Å². The first-order chi connectivity index (χ1) is 8.39. The number of nitrogens with zero attached hydrogens (tertiary/aromatic N) is 1. The monoisotopic (exact) mass is 253 g/mol. The van der Waals surface area contributed by atoms with Gasteiger partial charge in [-0.25, -0.2) is 0 Å². The van der Waals surface area contributed by atoms with Crippen LogP contribution in [0.25, 0.3) is 10.8 Å². The van der Waals surface area contributed by atoms with Gasteiger partial charge in [-0.15, -0.1) is 0 Å². The van der Waals surface area contributed by atoms with Gasteiger partial charge in [-0.2, -0.15) is 13.2 Å². The van der Waals surface area contributed by atoms with Gasteiger partial charge in [0.25, 0.3) is 0 Å². The Morgan fingerprint density at radius 3 is 2.11 bits per heavy atom. The van der Waals surface area contributed by atoms with E-state index in [0.717, 1.165) is 10.8 Å². The maximum absolute atomic E-state index is 13.0. The second-order valence-electron chi connectivity index (χ2n) is 4.51. The van der Waals surface area contributed by atoms with E-state index in [2.05, 4.69) is 0 Å². The number of fused-ring (bicyclic) bond motifs is 1. The lowest BCUT2D eigenvalue weighted by Gasteiger charge is -2.27. The average molecular weight is 253 g/mol. The Kier molecular flexibility index (Phi) is 3.30. The lowest BCUT2D eigenvalue weighted by Crippen LogP contribution is -2.33. The molecule has 0 aromatic heterocycles. The normalized spacial score (nSPS) is 14.1. The molecule has 0 aliphatic rings. The average Bonchev–Trinajstić information content (AvgIpc) is 2.26. The molecule has 96 valence electrons. The molecule has 0 heterocycles. The standard InChI is InChI=1S/C14H14F3N/c1-18(2)13(14(15,16)17)12-8-7-10-5-3-4-6-11(10)9-12/h3-9,13H,1-2H3. The molecule has 1 atom stereocenters. The lowest BCUT2D eigenvalue weighted by molar-refractivity contribution is -0.179. The predicted octanol–water partition coefficient (Wildman–Crippen LogP) is 4.00. The molecule has 0 saturated carbocycles. The summed E-state index contributed by atoms with van der Waals surface area (Å²) in [5.41, 5.74) is 0.270. The number of benzene rings is 2. The zero-order chi connectivity index (χ0) is 13.3. The van der Waals surface area contributed by atoms with Gasteiger partial charge in [0.15, 0.2) is 0 Å². The van der Waals surface area contributed by atoms with E-state index in [0.29, 0.717) is 0 Å². The highest BCUT2D eigenvalue weighted by Gasteiger charge is 2.42. The van der Waals surface area contributed by atoms with Crippen LogP contribution in [0.4, 0.5) is 13.2 Å². The van der Waals surface area contributed by atoms with Crippen molar-refractivity contribution in [2.45, 2.75) is 12.2 Å². The van der Waals surface area contributed by atoms with Gasteiger partial charge in [0.05, 0.1) is 0 Å². The van der Waals surface area contributed by atoms with Crippen LogP contribution in [0, 0.1) is 0 Å². The van der Waals surface area contributed by atoms with Crippen molar-refractivity contribution >= 4 is 10.8 Å². The molecule has 0 amide bonds. The Bertz CT molecular complexity index is 546. The Morgan fingerprint density at radius 2 is 1.56 bits per heavy atom. The van der Waals surface area contributed by atoms with E-state index in [1.807, 2.05) is 24.3 Å². The van der Waals surface area contributed by atoms with Crippen molar-refractivity contribution in [3.63, 3.8) is 0 Å². The first-order valence-corrected chi connectivity index (χ1v) is 5.61. The van der Waals surface area contributed by atoms with Gasteiger partial charge >= 0.3 is 6.18 Å². The van der Waals surface area contributed by atoms with Crippen LogP contribution < -0.4 is 0 Å². The quantitative estimate of drug-likeness (QED) is 0.781. The SMILES string of the molecule is CN(C)C(c1ccc2ccccc2c1)C(F)(F)F. The summed E-state index contributed by atoms with van der Waals surface area (Å²) in [4.78, 5) is 1.18. The van der Waals surface area contributed by atoms with Crippen LogP contribution >= 0.6 is 0 Å². The van der Waals surface area contributed by atoms with E-state index in [-0.39, 0.29) is 5.56 Å². The van der Waals surface area contributed by atoms with E-state index in [4.69, 9.17) is 0 Å². The fourth-order valence-electron chi connectivity index (χ4n) is 2.16. The highest BCUT2D eigenvalue weighted by atomic mass is 19.4. The van der Waals surface area contributed by atoms with Gasteiger partial charge in [0, 0.05) is 0 Å². The van der Waals surface area contributed by atoms with Crippen molar-refractivity contribution in [3.8, 4) is 0 Å². The number of alkyl halides is 3. The molecule has 2 aromatic carbocycles. The summed E-state index contributed by atoms with van der Waals surface area (Å²) in [6.45, 7) is 0. The van der Waals surface area contributed by atoms with Gasteiger partial charge in [-0.1, -0.05) is 36.4 Å². The van der Waals surface area contributed by atoms with Gasteiger partial charge in [-0.05, 0) is 36.5 Å². The van der Waals surface area contributed by atoms with E-state index in [9.17, 15) is 13.2 Å². The molecule has 18 heavy (non-hydrogen) atoms. The fourth-order valence-corrected chi connectivity index (χ4v) is 2.16. The van der Waals surface area contributed by atoms with Crippen molar-refractivity contribution in [3.05, 3.63) is 48.0 Å². The van der Waals surface area contributed by atoms with E-state index in [1.54, 1.807) is 18.2 Å². The number of rotatable bonds is 2. The van der Waals surface area contributed by atoms with Gasteiger partial charge in [0.2, 0.25) is 0 Å². The summed E-state index contributed by atoms with van der Waals surface area (Å²) in [6, 6.07) is 10.7. The second-order valence-corrected chi connectivity index (χ2v) is 4.51. The third-order valence-electron chi connectivity index (χ3n) is 2.92. The van der Waals surface area contributed by atoms with Crippen LogP contribution in [0.5, 0.6) is 0 Å². The third-order valence-corrected chi connectivity index (χ3v) is 2.92. The van der Waals surface area contributed by atoms with Gasteiger partial charge < -0.3 is 0 Å². The molecule has 0 bridgehead atoms. The fraction of sp³-hybridized carbons (Fsp3) is 0.286. The van der Waals surface area contributed by atoms with Crippen LogP contribution in [-0.2, 0) is 0 Å². The maximum atomic E-state index is 13.0. The van der Waals surface area contributed by atoms with Gasteiger partial charge in [-0.3, -0.25) is 4.90 Å². The van der Waals surface area contributed by atoms with Crippen molar-refractivity contribution in [2.24, 2.45) is 0 Å². The second kappa shape index (κ2) is 4.61. The molecule has 2 aromatic rings. The summed E-state index contributed by atoms with van der Waals surface area (Å²) >= 11 is 0. The molecule has 0 aliphatic carbocycles. The molecule has 0 fully saturated rings. The molecule has 1 nitrogen and oxygen atoms in total. The summed E-state index contributed by atoms with van der Waals surface area (Å²) < 4.78 is 39.0. The Hall–Kier alpha value is -1.55. The molecule has 0 N–H and O–H groups in total. The van der Waals surface area contributed by atoms with Gasteiger partial charge in [0.1, 0.15) is 6.04 Å². The van der Waals surface area contributed by atoms with Crippen LogP contribution in [0.3, 0.4) is 0 Å². The van der Waals surface area contributed by atoms with E-state index in [1.165, 1.54) is 19.0 Å². The Balaban J connectivity index is 2.51. The third kappa shape index (κ3) is 2.48. The molecule has 0 radical (unpaired) electrons. The highest BCUT2D eigenvalue weighted by molar-refractivity contribution is 5.83.